The Morgan fingerprint density at radius 2 is 0.558 bits per heavy atom. The van der Waals surface area contributed by atoms with Crippen molar-refractivity contribution in [2.75, 3.05) is 24.7 Å². The van der Waals surface area contributed by atoms with E-state index in [9.17, 15) is 9.79 Å². The molecular formula is C40H84MoO4P2S5. The summed E-state index contributed by atoms with van der Waals surface area (Å²) in [5.41, 5.74) is -5.67. The standard InChI is InChI=1S/2C20H43O2PS2.Mo.S/c2*1-3-5-7-9-11-13-15-17-19-22-23(21,24)25-20-18-16-14-12-10-8-6-4-2;;/h2*3-20H2,1-2H3,(H,21,24);;/q;;+2;/p-2. The average molecular weight is 947 g/mol. The molecule has 0 spiro atoms. The predicted octanol–water partition coefficient (Wildman–Crippen LogP) is 15.9. The van der Waals surface area contributed by atoms with Crippen LogP contribution in [0.25, 0.3) is 0 Å². The molecule has 0 saturated carbocycles. The summed E-state index contributed by atoms with van der Waals surface area (Å²) < 4.78 is 11.0. The molecule has 0 aliphatic heterocycles. The van der Waals surface area contributed by atoms with Gasteiger partial charge in [-0.2, -0.15) is 0 Å². The number of hydrogen-bond donors (Lipinski definition) is 0. The molecule has 4 nitrogen and oxygen atoms in total. The van der Waals surface area contributed by atoms with Crippen molar-refractivity contribution in [1.82, 2.24) is 0 Å². The van der Waals surface area contributed by atoms with E-state index in [2.05, 4.69) is 37.5 Å². The van der Waals surface area contributed by atoms with Gasteiger partial charge in [0.05, 0.1) is 13.2 Å². The van der Waals surface area contributed by atoms with E-state index in [1.54, 1.807) is 0 Å². The number of unbranched alkanes of at least 4 members (excludes halogenated alkanes) is 28. The molecule has 0 saturated heterocycles. The molecule has 2 atom stereocenters. The quantitative estimate of drug-likeness (QED) is 0.0339. The van der Waals surface area contributed by atoms with E-state index in [1.165, 1.54) is 221 Å². The molecule has 0 radical (unpaired) electrons. The van der Waals surface area contributed by atoms with Crippen molar-refractivity contribution in [2.45, 2.75) is 233 Å². The Labute approximate surface area is 359 Å². The maximum absolute atomic E-state index is 12.2. The third-order valence-electron chi connectivity index (χ3n) is 8.99. The summed E-state index contributed by atoms with van der Waals surface area (Å²) in [7, 11) is 4.09. The van der Waals surface area contributed by atoms with Gasteiger partial charge in [0.15, 0.2) is 0 Å². The molecule has 0 amide bonds. The molecule has 0 aromatic heterocycles. The topological polar surface area (TPSA) is 64.6 Å². The van der Waals surface area contributed by atoms with Crippen molar-refractivity contribution in [3.8, 4) is 0 Å². The van der Waals surface area contributed by atoms with E-state index >= 15 is 0 Å². The zero-order chi connectivity index (χ0) is 39.3. The Bertz CT molecular complexity index is 661. The maximum atomic E-state index is 12.2. The van der Waals surface area contributed by atoms with Crippen LogP contribution in [0.3, 0.4) is 0 Å². The van der Waals surface area contributed by atoms with Crippen LogP contribution in [0.1, 0.15) is 233 Å². The van der Waals surface area contributed by atoms with Gasteiger partial charge in [0.1, 0.15) is 0 Å². The van der Waals surface area contributed by atoms with Crippen molar-refractivity contribution in [2.24, 2.45) is 0 Å². The first-order chi connectivity index (χ1) is 25.2. The molecule has 0 aliphatic carbocycles. The Balaban J connectivity index is -0.000000881. The van der Waals surface area contributed by atoms with E-state index in [0.29, 0.717) is 13.2 Å². The van der Waals surface area contributed by atoms with Crippen LogP contribution in [-0.2, 0) is 50.7 Å². The second-order valence-electron chi connectivity index (χ2n) is 14.1. The third-order valence-corrected chi connectivity index (χ3v) is 17.7. The first kappa shape index (κ1) is 59.1. The Kier molecular flexibility index (Phi) is 56.7. The summed E-state index contributed by atoms with van der Waals surface area (Å²) in [6.07, 6.45) is 41.0. The summed E-state index contributed by atoms with van der Waals surface area (Å²) in [5.74, 6) is 1.76. The summed E-state index contributed by atoms with van der Waals surface area (Å²) in [4.78, 5) is 24.4. The molecule has 0 rings (SSSR count). The van der Waals surface area contributed by atoms with Crippen LogP contribution in [-0.4, -0.2) is 24.7 Å². The van der Waals surface area contributed by atoms with Crippen molar-refractivity contribution >= 4 is 67.6 Å². The van der Waals surface area contributed by atoms with Gasteiger partial charge in [0.25, 0.3) is 0 Å². The van der Waals surface area contributed by atoms with Crippen LogP contribution in [0.4, 0.5) is 0 Å². The minimum absolute atomic E-state index is 0.570. The third kappa shape index (κ3) is 54.8. The van der Waals surface area contributed by atoms with E-state index in [0.717, 1.165) is 37.2 Å². The van der Waals surface area contributed by atoms with Crippen LogP contribution in [0.5, 0.6) is 0 Å². The Morgan fingerprint density at radius 1 is 0.365 bits per heavy atom. The van der Waals surface area contributed by atoms with Crippen LogP contribution in [0.15, 0.2) is 0 Å². The van der Waals surface area contributed by atoms with Crippen molar-refractivity contribution in [3.05, 3.63) is 0 Å². The molecular weight excluding hydrogens is 863 g/mol. The molecule has 0 fully saturated rings. The van der Waals surface area contributed by atoms with Crippen molar-refractivity contribution in [3.63, 3.8) is 0 Å². The van der Waals surface area contributed by atoms with E-state index in [4.69, 9.17) is 32.7 Å². The zero-order valence-corrected chi connectivity index (χ0v) is 42.3. The van der Waals surface area contributed by atoms with Gasteiger partial charge < -0.3 is 18.8 Å². The zero-order valence-electron chi connectivity index (χ0n) is 34.4. The Hall–Kier alpha value is 2.75. The van der Waals surface area contributed by atoms with Crippen LogP contribution in [0, 0.1) is 0 Å². The first-order valence-electron chi connectivity index (χ1n) is 21.6. The molecule has 0 aliphatic rings. The van der Waals surface area contributed by atoms with E-state index in [1.807, 2.05) is 0 Å². The fraction of sp³-hybridized carbons (Fsp3) is 1.00. The molecule has 314 valence electrons. The average Bonchev–Trinajstić information content (AvgIpc) is 3.13. The van der Waals surface area contributed by atoms with Gasteiger partial charge in [0.2, 0.25) is 0 Å². The summed E-state index contributed by atoms with van der Waals surface area (Å²) in [6.45, 7) is 10.1. The Morgan fingerprint density at radius 3 is 0.788 bits per heavy atom. The van der Waals surface area contributed by atoms with Gasteiger partial charge in [-0.3, -0.25) is 0 Å². The van der Waals surface area contributed by atoms with Gasteiger partial charge in [0, 0.05) is 11.4 Å². The second-order valence-corrected chi connectivity index (χ2v) is 26.5. The normalized spacial score (nSPS) is 13.4. The minimum atomic E-state index is -2.83. The van der Waals surface area contributed by atoms with Crippen LogP contribution >= 0.6 is 44.0 Å². The fourth-order valence-corrected chi connectivity index (χ4v) is 12.5. The summed E-state index contributed by atoms with van der Waals surface area (Å²) in [6, 6.07) is 0. The summed E-state index contributed by atoms with van der Waals surface area (Å²) in [5, 5.41) is 0. The van der Waals surface area contributed by atoms with E-state index in [-0.39, 0.29) is 0 Å². The van der Waals surface area contributed by atoms with Crippen LogP contribution < -0.4 is 9.79 Å². The molecule has 0 aromatic carbocycles. The second kappa shape index (κ2) is 49.9. The van der Waals surface area contributed by atoms with E-state index < -0.39 is 11.4 Å². The molecule has 12 heteroatoms. The monoisotopic (exact) mass is 948 g/mol. The molecule has 0 aromatic rings. The van der Waals surface area contributed by atoms with Gasteiger partial charge in [-0.15, -0.1) is 22.8 Å². The molecule has 0 N–H and O–H groups in total. The van der Waals surface area contributed by atoms with Gasteiger partial charge in [-0.05, 0) is 37.2 Å². The SMILES string of the molecule is CCCCCCCCCCOP([O-])(=S)SCCCCCCCCCC.CCCCCCCCCCOP([O-])(=S)SCCCCCCCCCC.[S]=[Mo+2]. The van der Waals surface area contributed by atoms with Gasteiger partial charge in [-0.1, -0.05) is 231 Å². The molecule has 2 unspecified atom stereocenters. The molecule has 0 heterocycles. The fourth-order valence-electron chi connectivity index (χ4n) is 5.72. The van der Waals surface area contributed by atoms with Crippen molar-refractivity contribution < 1.29 is 36.8 Å². The first-order valence-corrected chi connectivity index (χ1v) is 32.9. The van der Waals surface area contributed by atoms with Gasteiger partial charge >= 0.3 is 27.8 Å². The predicted molar refractivity (Wildman–Crippen MR) is 243 cm³/mol. The van der Waals surface area contributed by atoms with Crippen molar-refractivity contribution in [1.29, 1.82) is 0 Å². The number of rotatable bonds is 40. The van der Waals surface area contributed by atoms with Gasteiger partial charge in [-0.25, -0.2) is 0 Å². The summed E-state index contributed by atoms with van der Waals surface area (Å²) >= 11 is 14.6. The number of hydrogen-bond acceptors (Lipinski definition) is 9. The molecule has 52 heavy (non-hydrogen) atoms. The van der Waals surface area contributed by atoms with Crippen LogP contribution in [0.2, 0.25) is 0 Å². The molecule has 0 bridgehead atoms.